The van der Waals surface area contributed by atoms with Crippen LogP contribution in [0, 0.1) is 3.57 Å². The Labute approximate surface area is 244 Å². The molecule has 0 amide bonds. The molecular formula is C30H29IN2O7. The highest BCUT2D eigenvalue weighted by atomic mass is 127. The van der Waals surface area contributed by atoms with Crippen molar-refractivity contribution in [3.63, 3.8) is 0 Å². The predicted molar refractivity (Wildman–Crippen MR) is 157 cm³/mol. The van der Waals surface area contributed by atoms with Gasteiger partial charge in [-0.15, -0.1) is 0 Å². The van der Waals surface area contributed by atoms with Gasteiger partial charge in [0.1, 0.15) is 29.4 Å². The van der Waals surface area contributed by atoms with Crippen molar-refractivity contribution in [1.29, 1.82) is 0 Å². The van der Waals surface area contributed by atoms with Gasteiger partial charge in [0.25, 0.3) is 5.56 Å². The van der Waals surface area contributed by atoms with Crippen LogP contribution in [-0.2, 0) is 15.1 Å². The molecule has 1 aliphatic heterocycles. The summed E-state index contributed by atoms with van der Waals surface area (Å²) in [5.74, 6) is 1.41. The molecule has 1 unspecified atom stereocenters. The first-order valence-electron chi connectivity index (χ1n) is 12.7. The van der Waals surface area contributed by atoms with Crippen molar-refractivity contribution in [3.8, 4) is 11.5 Å². The Balaban J connectivity index is 1.54. The Bertz CT molecular complexity index is 1500. The number of aromatic nitrogens is 2. The Kier molecular flexibility index (Phi) is 8.40. The number of rotatable bonds is 9. The predicted octanol–water partition coefficient (Wildman–Crippen LogP) is 3.82. The summed E-state index contributed by atoms with van der Waals surface area (Å²) in [4.78, 5) is 26.6. The molecule has 3 aromatic carbocycles. The van der Waals surface area contributed by atoms with Crippen LogP contribution in [0.5, 0.6) is 11.5 Å². The summed E-state index contributed by atoms with van der Waals surface area (Å²) < 4.78 is 25.4. The second kappa shape index (κ2) is 12.0. The summed E-state index contributed by atoms with van der Waals surface area (Å²) in [6.45, 7) is 0.0137. The van der Waals surface area contributed by atoms with Crippen LogP contribution in [0.4, 0.5) is 0 Å². The lowest BCUT2D eigenvalue weighted by atomic mass is 9.80. The zero-order valence-corrected chi connectivity index (χ0v) is 24.1. The minimum absolute atomic E-state index is 0.0137. The maximum Gasteiger partial charge on any atom is 0.330 e. The van der Waals surface area contributed by atoms with E-state index in [1.54, 1.807) is 14.2 Å². The zero-order valence-electron chi connectivity index (χ0n) is 22.0. The quantitative estimate of drug-likeness (QED) is 0.208. The van der Waals surface area contributed by atoms with Gasteiger partial charge in [-0.05, 0) is 63.5 Å². The van der Waals surface area contributed by atoms with Gasteiger partial charge >= 0.3 is 5.69 Å². The maximum absolute atomic E-state index is 12.5. The molecule has 0 bridgehead atoms. The molecule has 0 aliphatic carbocycles. The SMILES string of the molecule is COc1ccc(C(OC[C@@H]2O[C@H](n3cc(I)c(=O)[nH]c3=O)CC2O)(c2ccccc2)c2ccc(OC)cc2)cc1. The number of aliphatic hydroxyl groups is 1. The molecule has 0 spiro atoms. The van der Waals surface area contributed by atoms with Gasteiger partial charge in [-0.1, -0.05) is 54.6 Å². The monoisotopic (exact) mass is 656 g/mol. The lowest BCUT2D eigenvalue weighted by Crippen LogP contribution is -2.38. The third kappa shape index (κ3) is 5.44. The molecular weight excluding hydrogens is 627 g/mol. The molecule has 0 radical (unpaired) electrons. The van der Waals surface area contributed by atoms with Crippen molar-refractivity contribution >= 4 is 22.6 Å². The van der Waals surface area contributed by atoms with E-state index in [0.717, 1.165) is 16.7 Å². The van der Waals surface area contributed by atoms with Gasteiger partial charge in [-0.3, -0.25) is 14.3 Å². The van der Waals surface area contributed by atoms with Gasteiger partial charge in [-0.25, -0.2) is 4.79 Å². The molecule has 1 aromatic heterocycles. The summed E-state index contributed by atoms with van der Waals surface area (Å²) in [7, 11) is 3.23. The summed E-state index contributed by atoms with van der Waals surface area (Å²) in [5.41, 5.74) is 0.428. The third-order valence-corrected chi connectivity index (χ3v) is 7.84. The molecule has 1 saturated heterocycles. The molecule has 0 saturated carbocycles. The molecule has 2 N–H and O–H groups in total. The summed E-state index contributed by atoms with van der Waals surface area (Å²) in [6, 6.07) is 25.1. The molecule has 9 nitrogen and oxygen atoms in total. The average molecular weight is 656 g/mol. The first kappa shape index (κ1) is 28.1. The van der Waals surface area contributed by atoms with Crippen LogP contribution in [-0.4, -0.2) is 47.7 Å². The zero-order chi connectivity index (χ0) is 28.3. The molecule has 10 heteroatoms. The fraction of sp³-hybridized carbons (Fsp3) is 0.267. The van der Waals surface area contributed by atoms with E-state index >= 15 is 0 Å². The molecule has 4 aromatic rings. The molecule has 2 heterocycles. The third-order valence-electron chi connectivity index (χ3n) is 7.08. The van der Waals surface area contributed by atoms with Crippen molar-refractivity contribution in [2.45, 2.75) is 30.5 Å². The van der Waals surface area contributed by atoms with Crippen LogP contribution in [0.25, 0.3) is 0 Å². The van der Waals surface area contributed by atoms with Crippen molar-refractivity contribution in [2.75, 3.05) is 20.8 Å². The van der Waals surface area contributed by atoms with Crippen molar-refractivity contribution in [1.82, 2.24) is 9.55 Å². The number of hydrogen-bond acceptors (Lipinski definition) is 7. The number of hydrogen-bond donors (Lipinski definition) is 2. The summed E-state index contributed by atoms with van der Waals surface area (Å²) >= 11 is 1.86. The van der Waals surface area contributed by atoms with Crippen molar-refractivity contribution < 1.29 is 24.1 Å². The van der Waals surface area contributed by atoms with Crippen LogP contribution in [0.15, 0.2) is 94.6 Å². The number of ether oxygens (including phenoxy) is 4. The lowest BCUT2D eigenvalue weighted by Gasteiger charge is -2.37. The van der Waals surface area contributed by atoms with E-state index in [0.29, 0.717) is 15.1 Å². The largest absolute Gasteiger partial charge is 0.497 e. The van der Waals surface area contributed by atoms with E-state index in [9.17, 15) is 14.7 Å². The Hall–Kier alpha value is -3.45. The van der Waals surface area contributed by atoms with Crippen LogP contribution < -0.4 is 20.7 Å². The second-order valence-electron chi connectivity index (χ2n) is 9.39. The fourth-order valence-corrected chi connectivity index (χ4v) is 5.43. The minimum atomic E-state index is -1.08. The Morgan fingerprint density at radius 3 is 2.02 bits per heavy atom. The van der Waals surface area contributed by atoms with Crippen molar-refractivity contribution in [3.05, 3.63) is 126 Å². The molecule has 1 fully saturated rings. The van der Waals surface area contributed by atoms with Gasteiger partial charge in [0, 0.05) is 12.6 Å². The van der Waals surface area contributed by atoms with Crippen LogP contribution in [0.3, 0.4) is 0 Å². The first-order valence-corrected chi connectivity index (χ1v) is 13.8. The topological polar surface area (TPSA) is 112 Å². The number of aliphatic hydroxyl groups excluding tert-OH is 1. The highest BCUT2D eigenvalue weighted by Gasteiger charge is 2.42. The fourth-order valence-electron chi connectivity index (χ4n) is 4.99. The number of aromatic amines is 1. The highest BCUT2D eigenvalue weighted by molar-refractivity contribution is 14.1. The van der Waals surface area contributed by atoms with Crippen LogP contribution in [0.2, 0.25) is 0 Å². The normalized spacial score (nSPS) is 18.9. The van der Waals surface area contributed by atoms with Crippen LogP contribution >= 0.6 is 22.6 Å². The van der Waals surface area contributed by atoms with Crippen LogP contribution in [0.1, 0.15) is 29.3 Å². The molecule has 5 rings (SSSR count). The molecule has 1 aliphatic rings. The van der Waals surface area contributed by atoms with Gasteiger partial charge in [0.05, 0.1) is 30.5 Å². The van der Waals surface area contributed by atoms with Gasteiger partial charge in [-0.2, -0.15) is 0 Å². The molecule has 40 heavy (non-hydrogen) atoms. The molecule has 208 valence electrons. The van der Waals surface area contributed by atoms with Gasteiger partial charge < -0.3 is 24.1 Å². The van der Waals surface area contributed by atoms with E-state index in [4.69, 9.17) is 18.9 Å². The highest BCUT2D eigenvalue weighted by Crippen LogP contribution is 2.42. The number of nitrogens with one attached hydrogen (secondary N) is 1. The van der Waals surface area contributed by atoms with E-state index in [1.165, 1.54) is 10.8 Å². The smallest absolute Gasteiger partial charge is 0.330 e. The standard InChI is InChI=1S/C30H29IN2O7/c1-37-22-12-8-20(9-13-22)30(19-6-4-3-5-7-19,21-10-14-23(38-2)15-11-21)39-18-26-25(34)16-27(40-26)33-17-24(31)28(35)32-29(33)36/h3-15,17,25-27,34H,16,18H2,1-2H3,(H,32,35,36)/t25?,26-,27-/m0/s1. The number of benzene rings is 3. The number of methoxy groups -OCH3 is 2. The van der Waals surface area contributed by atoms with E-state index in [1.807, 2.05) is 101 Å². The number of halogens is 1. The molecule has 3 atom stereocenters. The van der Waals surface area contributed by atoms with Gasteiger partial charge in [0.2, 0.25) is 0 Å². The minimum Gasteiger partial charge on any atom is -0.497 e. The van der Waals surface area contributed by atoms with Gasteiger partial charge in [0.15, 0.2) is 0 Å². The lowest BCUT2D eigenvalue weighted by molar-refractivity contribution is -0.0944. The maximum atomic E-state index is 12.5. The summed E-state index contributed by atoms with van der Waals surface area (Å²) in [5, 5.41) is 11.0. The van der Waals surface area contributed by atoms with E-state index < -0.39 is 35.3 Å². The average Bonchev–Trinajstić information content (AvgIpc) is 3.36. The number of nitrogens with zero attached hydrogens (tertiary/aromatic N) is 1. The van der Waals surface area contributed by atoms with Crippen molar-refractivity contribution in [2.24, 2.45) is 0 Å². The summed E-state index contributed by atoms with van der Waals surface area (Å²) in [6.07, 6.45) is -0.789. The first-order chi connectivity index (χ1) is 19.3. The van der Waals surface area contributed by atoms with E-state index in [-0.39, 0.29) is 13.0 Å². The Morgan fingerprint density at radius 1 is 0.925 bits per heavy atom. The second-order valence-corrected chi connectivity index (χ2v) is 10.6. The van der Waals surface area contributed by atoms with E-state index in [2.05, 4.69) is 4.98 Å². The number of H-pyrrole nitrogens is 1. The Morgan fingerprint density at radius 2 is 1.48 bits per heavy atom.